The van der Waals surface area contributed by atoms with E-state index in [1.807, 2.05) is 65.6 Å². The molecule has 8 heteroatoms. The molecular weight excluding hydrogens is 430 g/mol. The fraction of sp³-hybridized carbons (Fsp3) is 0.346. The van der Waals surface area contributed by atoms with Crippen LogP contribution >= 0.6 is 0 Å². The number of aromatic nitrogens is 2. The van der Waals surface area contributed by atoms with Crippen LogP contribution in [-0.4, -0.2) is 77.8 Å². The van der Waals surface area contributed by atoms with Gasteiger partial charge in [0.1, 0.15) is 5.56 Å². The summed E-state index contributed by atoms with van der Waals surface area (Å²) in [6.45, 7) is 4.05. The number of hydrogen-bond acceptors (Lipinski definition) is 5. The molecule has 0 saturated carbocycles. The maximum Gasteiger partial charge on any atom is 0.261 e. The van der Waals surface area contributed by atoms with Crippen LogP contribution in [0.3, 0.4) is 0 Å². The molecule has 1 fully saturated rings. The molecule has 1 aliphatic rings. The predicted molar refractivity (Wildman–Crippen MR) is 130 cm³/mol. The lowest BCUT2D eigenvalue weighted by Crippen LogP contribution is -2.50. The summed E-state index contributed by atoms with van der Waals surface area (Å²) in [6.07, 6.45) is 1.69. The van der Waals surface area contributed by atoms with Crippen molar-refractivity contribution in [3.8, 4) is 5.88 Å². The smallest absolute Gasteiger partial charge is 0.261 e. The summed E-state index contributed by atoms with van der Waals surface area (Å²) in [5, 5.41) is 7.29. The van der Waals surface area contributed by atoms with Gasteiger partial charge < -0.3 is 15.0 Å². The van der Waals surface area contributed by atoms with E-state index in [-0.39, 0.29) is 17.7 Å². The van der Waals surface area contributed by atoms with Gasteiger partial charge in [0.15, 0.2) is 0 Å². The van der Waals surface area contributed by atoms with Crippen LogP contribution in [0.4, 0.5) is 0 Å². The summed E-state index contributed by atoms with van der Waals surface area (Å²) in [5.41, 5.74) is 2.44. The largest absolute Gasteiger partial charge is 0.479 e. The fourth-order valence-corrected chi connectivity index (χ4v) is 4.34. The third-order valence-corrected chi connectivity index (χ3v) is 6.13. The van der Waals surface area contributed by atoms with Crippen molar-refractivity contribution in [2.75, 3.05) is 46.4 Å². The topological polar surface area (TPSA) is 79.7 Å². The van der Waals surface area contributed by atoms with Crippen molar-refractivity contribution in [1.82, 2.24) is 24.9 Å². The second-order valence-electron chi connectivity index (χ2n) is 8.40. The molecule has 2 amide bonds. The summed E-state index contributed by atoms with van der Waals surface area (Å²) in [7, 11) is 3.29. The summed E-state index contributed by atoms with van der Waals surface area (Å²) < 4.78 is 6.81. The van der Waals surface area contributed by atoms with Gasteiger partial charge in [-0.2, -0.15) is 0 Å². The van der Waals surface area contributed by atoms with E-state index in [0.717, 1.165) is 30.8 Å². The molecule has 8 nitrogen and oxygen atoms in total. The van der Waals surface area contributed by atoms with Gasteiger partial charge in [-0.3, -0.25) is 19.2 Å². The number of aryl methyl sites for hydroxylation is 1. The first-order valence-corrected chi connectivity index (χ1v) is 11.5. The Kier molecular flexibility index (Phi) is 7.59. The summed E-state index contributed by atoms with van der Waals surface area (Å²) in [4.78, 5) is 30.1. The Morgan fingerprint density at radius 2 is 1.56 bits per heavy atom. The van der Waals surface area contributed by atoms with E-state index in [4.69, 9.17) is 4.74 Å². The molecule has 0 unspecified atom stereocenters. The average molecular weight is 462 g/mol. The van der Waals surface area contributed by atoms with Gasteiger partial charge in [-0.15, -0.1) is 5.10 Å². The van der Waals surface area contributed by atoms with Gasteiger partial charge in [0.05, 0.1) is 13.0 Å². The minimum atomic E-state index is -0.341. The van der Waals surface area contributed by atoms with Crippen molar-refractivity contribution in [2.45, 2.75) is 5.92 Å². The van der Waals surface area contributed by atoms with Crippen molar-refractivity contribution < 1.29 is 14.3 Å². The van der Waals surface area contributed by atoms with Crippen LogP contribution in [0.15, 0.2) is 66.9 Å². The average Bonchev–Trinajstić information content (AvgIpc) is 3.26. The molecule has 1 aromatic heterocycles. The number of ether oxygens (including phenoxy) is 1. The number of nitrogens with one attached hydrogen (secondary N) is 1. The third-order valence-electron chi connectivity index (χ3n) is 6.13. The van der Waals surface area contributed by atoms with Gasteiger partial charge in [0.25, 0.3) is 5.91 Å². The molecule has 1 N–H and O–H groups in total. The molecule has 0 bridgehead atoms. The van der Waals surface area contributed by atoms with Gasteiger partial charge >= 0.3 is 0 Å². The van der Waals surface area contributed by atoms with Gasteiger partial charge in [-0.25, -0.2) is 0 Å². The van der Waals surface area contributed by atoms with Crippen molar-refractivity contribution in [1.29, 1.82) is 0 Å². The van der Waals surface area contributed by atoms with E-state index in [9.17, 15) is 9.59 Å². The second-order valence-corrected chi connectivity index (χ2v) is 8.40. The van der Waals surface area contributed by atoms with Crippen LogP contribution in [0.2, 0.25) is 0 Å². The van der Waals surface area contributed by atoms with Gasteiger partial charge in [0.2, 0.25) is 11.8 Å². The van der Waals surface area contributed by atoms with Crippen LogP contribution in [0, 0.1) is 0 Å². The van der Waals surface area contributed by atoms with Crippen LogP contribution in [0.5, 0.6) is 5.88 Å². The predicted octanol–water partition coefficient (Wildman–Crippen LogP) is 2.13. The van der Waals surface area contributed by atoms with Crippen molar-refractivity contribution in [2.24, 2.45) is 7.05 Å². The van der Waals surface area contributed by atoms with Gasteiger partial charge in [-0.1, -0.05) is 60.7 Å². The highest BCUT2D eigenvalue weighted by Crippen LogP contribution is 2.24. The molecule has 0 spiro atoms. The Bertz CT molecular complexity index is 1050. The molecule has 2 aromatic carbocycles. The van der Waals surface area contributed by atoms with E-state index in [1.165, 1.54) is 7.11 Å². The highest BCUT2D eigenvalue weighted by Gasteiger charge is 2.26. The van der Waals surface area contributed by atoms with Crippen molar-refractivity contribution in [3.63, 3.8) is 0 Å². The fourth-order valence-electron chi connectivity index (χ4n) is 4.34. The van der Waals surface area contributed by atoms with Crippen LogP contribution in [0.25, 0.3) is 0 Å². The van der Waals surface area contributed by atoms with Gasteiger partial charge in [-0.05, 0) is 11.1 Å². The maximum absolute atomic E-state index is 13.1. The lowest BCUT2D eigenvalue weighted by atomic mass is 9.90. The van der Waals surface area contributed by atoms with Crippen LogP contribution in [-0.2, 0) is 11.8 Å². The summed E-state index contributed by atoms with van der Waals surface area (Å²) in [6, 6.07) is 19.7. The Hall–Kier alpha value is -3.65. The first kappa shape index (κ1) is 23.5. The zero-order valence-corrected chi connectivity index (χ0v) is 19.7. The quantitative estimate of drug-likeness (QED) is 0.556. The number of carbonyl (C=O) groups is 2. The standard InChI is InChI=1S/C26H31N5O3/c1-29-19-22(25(28-29)34-2)26(33)31-17-15-30(16-18-31)14-13-27-24(32)23(20-9-5-3-6-10-20)21-11-7-4-8-12-21/h3-12,19,23H,13-18H2,1-2H3,(H,27,32). The number of rotatable bonds is 8. The molecule has 2 heterocycles. The van der Waals surface area contributed by atoms with Crippen molar-refractivity contribution in [3.05, 3.63) is 83.6 Å². The molecule has 1 saturated heterocycles. The Labute approximate surface area is 200 Å². The monoisotopic (exact) mass is 461 g/mol. The van der Waals surface area contributed by atoms with Crippen LogP contribution < -0.4 is 10.1 Å². The molecule has 0 aliphatic carbocycles. The Morgan fingerprint density at radius 3 is 2.12 bits per heavy atom. The maximum atomic E-state index is 13.1. The number of methoxy groups -OCH3 is 1. The molecule has 0 atom stereocenters. The number of benzene rings is 2. The highest BCUT2D eigenvalue weighted by molar-refractivity contribution is 5.96. The Morgan fingerprint density at radius 1 is 0.971 bits per heavy atom. The minimum Gasteiger partial charge on any atom is -0.479 e. The second kappa shape index (κ2) is 11.0. The molecule has 3 aromatic rings. The van der Waals surface area contributed by atoms with E-state index in [0.29, 0.717) is 31.1 Å². The lowest BCUT2D eigenvalue weighted by molar-refractivity contribution is -0.121. The molecular formula is C26H31N5O3. The van der Waals surface area contributed by atoms with E-state index >= 15 is 0 Å². The van der Waals surface area contributed by atoms with Gasteiger partial charge in [0, 0.05) is 52.5 Å². The molecule has 4 rings (SSSR count). The normalized spacial score (nSPS) is 14.3. The molecule has 34 heavy (non-hydrogen) atoms. The third kappa shape index (κ3) is 5.46. The lowest BCUT2D eigenvalue weighted by Gasteiger charge is -2.34. The molecule has 0 radical (unpaired) electrons. The zero-order chi connectivity index (χ0) is 23.9. The number of amides is 2. The summed E-state index contributed by atoms with van der Waals surface area (Å²) >= 11 is 0. The number of piperazine rings is 1. The number of hydrogen-bond donors (Lipinski definition) is 1. The van der Waals surface area contributed by atoms with E-state index in [1.54, 1.807) is 17.9 Å². The first-order valence-electron chi connectivity index (χ1n) is 11.5. The molecule has 1 aliphatic heterocycles. The first-order chi connectivity index (χ1) is 16.6. The highest BCUT2D eigenvalue weighted by atomic mass is 16.5. The Balaban J connectivity index is 1.29. The van der Waals surface area contributed by atoms with E-state index in [2.05, 4.69) is 15.3 Å². The van der Waals surface area contributed by atoms with Crippen LogP contribution in [0.1, 0.15) is 27.4 Å². The number of nitrogens with zero attached hydrogens (tertiary/aromatic N) is 4. The van der Waals surface area contributed by atoms with Crippen molar-refractivity contribution >= 4 is 11.8 Å². The number of carbonyl (C=O) groups excluding carboxylic acids is 2. The zero-order valence-electron chi connectivity index (χ0n) is 19.7. The molecule has 178 valence electrons. The van der Waals surface area contributed by atoms with E-state index < -0.39 is 0 Å². The SMILES string of the molecule is COc1nn(C)cc1C(=O)N1CCN(CCNC(=O)C(c2ccccc2)c2ccccc2)CC1. The minimum absolute atomic E-state index is 0.00473. The summed E-state index contributed by atoms with van der Waals surface area (Å²) in [5.74, 6) is -0.0586.